The number of carboxylic acids is 2. The fourth-order valence-electron chi connectivity index (χ4n) is 8.02. The normalized spacial score (nSPS) is 19.5. The molecule has 1 aliphatic carbocycles. The number of likely N-dealkylation sites (N-methyl/N-ethyl adjacent to an activating group) is 1. The summed E-state index contributed by atoms with van der Waals surface area (Å²) in [5.41, 5.74) is 5.30. The Hall–Kier alpha value is -5.50. The van der Waals surface area contributed by atoms with Crippen molar-refractivity contribution in [3.63, 3.8) is 0 Å². The molecular formula is C40H36N2O6. The molecular weight excluding hydrogens is 604 g/mol. The number of rotatable bonds is 6. The van der Waals surface area contributed by atoms with Gasteiger partial charge in [0, 0.05) is 52.2 Å². The van der Waals surface area contributed by atoms with E-state index >= 15 is 0 Å². The van der Waals surface area contributed by atoms with Crippen LogP contribution in [0.1, 0.15) is 73.4 Å². The van der Waals surface area contributed by atoms with Crippen molar-refractivity contribution in [2.24, 2.45) is 0 Å². The van der Waals surface area contributed by atoms with E-state index in [4.69, 9.17) is 0 Å². The van der Waals surface area contributed by atoms with Crippen molar-refractivity contribution < 1.29 is 34.3 Å². The van der Waals surface area contributed by atoms with Gasteiger partial charge in [-0.25, -0.2) is 9.59 Å². The van der Waals surface area contributed by atoms with Gasteiger partial charge in [0.05, 0.1) is 16.5 Å². The second-order valence-electron chi connectivity index (χ2n) is 13.7. The van der Waals surface area contributed by atoms with Gasteiger partial charge >= 0.3 is 11.9 Å². The topological polar surface area (TPSA) is 121 Å². The molecule has 0 saturated heterocycles. The summed E-state index contributed by atoms with van der Waals surface area (Å²) in [7, 11) is 0. The monoisotopic (exact) mass is 640 g/mol. The minimum atomic E-state index is -0.984. The van der Waals surface area contributed by atoms with Crippen molar-refractivity contribution in [2.45, 2.75) is 52.4 Å². The van der Waals surface area contributed by atoms with Crippen LogP contribution in [-0.2, 0) is 15.6 Å². The molecule has 0 saturated carbocycles. The number of carbonyl (C=O) groups excluding carboxylic acids is 1. The molecule has 242 valence electrons. The molecule has 48 heavy (non-hydrogen) atoms. The molecule has 0 fully saturated rings. The van der Waals surface area contributed by atoms with E-state index in [0.29, 0.717) is 13.1 Å². The number of ketones is 1. The maximum atomic E-state index is 13.8. The molecule has 0 atom stereocenters. The third kappa shape index (κ3) is 4.21. The highest BCUT2D eigenvalue weighted by Crippen LogP contribution is 2.52. The Morgan fingerprint density at radius 1 is 0.812 bits per heavy atom. The van der Waals surface area contributed by atoms with Crippen LogP contribution >= 0.6 is 0 Å². The zero-order valence-corrected chi connectivity index (χ0v) is 27.8. The minimum absolute atomic E-state index is 0.150. The van der Waals surface area contributed by atoms with Crippen LogP contribution in [0.2, 0.25) is 0 Å². The number of hydrogen-bond acceptors (Lipinski definition) is 5. The highest BCUT2D eigenvalue weighted by atomic mass is 16.4. The number of nitrogens with zero attached hydrogens (tertiary/aromatic N) is 2. The molecule has 0 spiro atoms. The first-order chi connectivity index (χ1) is 22.7. The van der Waals surface area contributed by atoms with E-state index in [-0.39, 0.29) is 33.8 Å². The van der Waals surface area contributed by atoms with Crippen molar-refractivity contribution in [3.05, 3.63) is 118 Å². The molecule has 0 unspecified atom stereocenters. The largest absolute Gasteiger partial charge is 0.871 e. The number of carboxylic acid groups (broad SMARTS) is 2. The standard InChI is InChI=1S/C40H36N2O6/c1-7-41-29-15-11-21-17-23(37(45)46)9-13-25(21)33(29)39(3,4)31(41)19-27-35(43)28(36(27)44)20-32-40(5,6)34-26-14-10-24(38(47)48)18-22(26)12-16-30(34)42(32)8-2/h9-20H,7-8H2,1-6H3,(H2-,43,44,45,46,47,48). The number of allylic oxidation sites excluding steroid dienone is 5. The average Bonchev–Trinajstić information content (AvgIpc) is 3.42. The number of anilines is 1. The van der Waals surface area contributed by atoms with Gasteiger partial charge in [-0.15, -0.1) is 0 Å². The van der Waals surface area contributed by atoms with Crippen molar-refractivity contribution in [2.75, 3.05) is 18.0 Å². The van der Waals surface area contributed by atoms with Crippen LogP contribution in [0.5, 0.6) is 0 Å². The molecule has 3 aliphatic rings. The third-order valence-corrected chi connectivity index (χ3v) is 10.4. The van der Waals surface area contributed by atoms with Gasteiger partial charge in [0.1, 0.15) is 6.54 Å². The summed E-state index contributed by atoms with van der Waals surface area (Å²) in [5, 5.41) is 36.3. The minimum Gasteiger partial charge on any atom is -0.871 e. The Labute approximate surface area is 278 Å². The molecule has 7 rings (SSSR count). The fraction of sp³-hybridized carbons (Fsp3) is 0.250. The molecule has 2 aliphatic heterocycles. The average molecular weight is 641 g/mol. The van der Waals surface area contributed by atoms with Gasteiger partial charge < -0.3 is 20.2 Å². The Kier molecular flexibility index (Phi) is 6.81. The van der Waals surface area contributed by atoms with Gasteiger partial charge in [-0.2, -0.15) is 4.58 Å². The van der Waals surface area contributed by atoms with Gasteiger partial charge in [-0.3, -0.25) is 4.79 Å². The summed E-state index contributed by atoms with van der Waals surface area (Å²) >= 11 is 0. The second kappa shape index (κ2) is 10.5. The quantitative estimate of drug-likeness (QED) is 0.180. The predicted octanol–water partition coefficient (Wildman–Crippen LogP) is 6.61. The highest BCUT2D eigenvalue weighted by Gasteiger charge is 2.47. The van der Waals surface area contributed by atoms with Crippen molar-refractivity contribution in [3.8, 4) is 0 Å². The summed E-state index contributed by atoms with van der Waals surface area (Å²) in [6, 6.07) is 18.1. The van der Waals surface area contributed by atoms with Gasteiger partial charge in [0.25, 0.3) is 0 Å². The lowest BCUT2D eigenvalue weighted by Gasteiger charge is -2.32. The highest BCUT2D eigenvalue weighted by molar-refractivity contribution is 6.24. The molecule has 2 N–H and O–H groups in total. The molecule has 0 bridgehead atoms. The van der Waals surface area contributed by atoms with Crippen LogP contribution in [0, 0.1) is 0 Å². The molecule has 8 nitrogen and oxygen atoms in total. The first-order valence-corrected chi connectivity index (χ1v) is 16.2. The van der Waals surface area contributed by atoms with Crippen LogP contribution in [0.3, 0.4) is 0 Å². The Morgan fingerprint density at radius 2 is 1.40 bits per heavy atom. The van der Waals surface area contributed by atoms with E-state index in [9.17, 15) is 29.7 Å². The SMILES string of the molecule is CCN1/C(=C\C2=C([O-])C(=C/C3=[N+](CC)c4ccc5cc(C(=O)O)ccc5c4C3(C)C)/C2=O)C(C)(C)c2c1ccc1cc(C(=O)O)ccc21. The second-order valence-corrected chi connectivity index (χ2v) is 13.7. The predicted molar refractivity (Wildman–Crippen MR) is 185 cm³/mol. The maximum absolute atomic E-state index is 13.8. The molecule has 4 aromatic rings. The Morgan fingerprint density at radius 3 is 1.94 bits per heavy atom. The van der Waals surface area contributed by atoms with Crippen LogP contribution < -0.4 is 10.0 Å². The van der Waals surface area contributed by atoms with Crippen LogP contribution in [-0.4, -0.2) is 51.3 Å². The smallest absolute Gasteiger partial charge is 0.335 e. The Balaban J connectivity index is 1.30. The number of aromatic carboxylic acids is 2. The van der Waals surface area contributed by atoms with Crippen molar-refractivity contribution in [1.29, 1.82) is 0 Å². The van der Waals surface area contributed by atoms with Crippen molar-refractivity contribution >= 4 is 56.4 Å². The summed E-state index contributed by atoms with van der Waals surface area (Å²) in [5.74, 6) is -2.56. The lowest BCUT2D eigenvalue weighted by atomic mass is 9.76. The van der Waals surface area contributed by atoms with Crippen molar-refractivity contribution in [1.82, 2.24) is 0 Å². The van der Waals surface area contributed by atoms with E-state index in [0.717, 1.165) is 55.5 Å². The number of fused-ring (bicyclic) bond motifs is 6. The lowest BCUT2D eigenvalue weighted by Crippen LogP contribution is -2.35. The summed E-state index contributed by atoms with van der Waals surface area (Å²) in [6.07, 6.45) is 3.49. The fourth-order valence-corrected chi connectivity index (χ4v) is 8.02. The van der Waals surface area contributed by atoms with Gasteiger partial charge in [-0.05, 0) is 97.3 Å². The van der Waals surface area contributed by atoms with E-state index < -0.39 is 22.8 Å². The van der Waals surface area contributed by atoms with E-state index in [2.05, 4.69) is 37.2 Å². The first kappa shape index (κ1) is 31.1. The van der Waals surface area contributed by atoms with Gasteiger partial charge in [0.15, 0.2) is 11.5 Å². The van der Waals surface area contributed by atoms with E-state index in [1.807, 2.05) is 50.2 Å². The van der Waals surface area contributed by atoms with Crippen LogP contribution in [0.15, 0.2) is 95.4 Å². The zero-order chi connectivity index (χ0) is 34.4. The third-order valence-electron chi connectivity index (χ3n) is 10.4. The van der Waals surface area contributed by atoms with E-state index in [1.165, 1.54) is 0 Å². The first-order valence-electron chi connectivity index (χ1n) is 16.2. The zero-order valence-electron chi connectivity index (χ0n) is 27.8. The summed E-state index contributed by atoms with van der Waals surface area (Å²) < 4.78 is 2.13. The molecule has 0 aromatic heterocycles. The number of benzene rings is 4. The maximum Gasteiger partial charge on any atom is 0.335 e. The molecule has 8 heteroatoms. The van der Waals surface area contributed by atoms with Crippen LogP contribution in [0.4, 0.5) is 11.4 Å². The van der Waals surface area contributed by atoms with Crippen LogP contribution in [0.25, 0.3) is 21.5 Å². The van der Waals surface area contributed by atoms with E-state index in [1.54, 1.807) is 36.4 Å². The summed E-state index contributed by atoms with van der Waals surface area (Å²) in [4.78, 5) is 39.2. The van der Waals surface area contributed by atoms with Gasteiger partial charge in [-0.1, -0.05) is 37.8 Å². The molecule has 0 amide bonds. The molecule has 2 heterocycles. The number of carbonyl (C=O) groups is 3. The summed E-state index contributed by atoms with van der Waals surface area (Å²) in [6.45, 7) is 13.6. The number of hydrogen-bond donors (Lipinski definition) is 2. The number of Topliss-reactive ketones (excluding diaryl/α,β-unsaturated/α-hetero) is 1. The Bertz CT molecular complexity index is 2300. The lowest BCUT2D eigenvalue weighted by molar-refractivity contribution is -0.433. The van der Waals surface area contributed by atoms with Gasteiger partial charge in [0.2, 0.25) is 5.69 Å². The molecule has 4 aromatic carbocycles. The molecule has 0 radical (unpaired) electrons.